The number of nitrogens with zero attached hydrogens (tertiary/aromatic N) is 1. The van der Waals surface area contributed by atoms with Crippen LogP contribution in [0.5, 0.6) is 0 Å². The molecule has 0 aromatic carbocycles. The van der Waals surface area contributed by atoms with E-state index in [0.29, 0.717) is 10.8 Å². The molecule has 3 nitrogen and oxygen atoms in total. The molecule has 0 spiro atoms. The molecule has 2 heterocycles. The lowest BCUT2D eigenvalue weighted by Crippen LogP contribution is -1.97. The van der Waals surface area contributed by atoms with Crippen LogP contribution < -0.4 is 0 Å². The zero-order valence-corrected chi connectivity index (χ0v) is 11.9. The first-order valence-corrected chi connectivity index (χ1v) is 7.62. The van der Waals surface area contributed by atoms with Gasteiger partial charge in [0.15, 0.2) is 0 Å². The molecule has 1 N–H and O–H groups in total. The molecule has 2 aromatic rings. The van der Waals surface area contributed by atoms with E-state index in [1.165, 1.54) is 11.3 Å². The number of carbonyl (C=O) groups is 1. The van der Waals surface area contributed by atoms with E-state index in [-0.39, 0.29) is 0 Å². The van der Waals surface area contributed by atoms with Gasteiger partial charge in [-0.3, -0.25) is 0 Å². The molecule has 0 atom stereocenters. The van der Waals surface area contributed by atoms with Crippen molar-refractivity contribution in [3.05, 3.63) is 26.5 Å². The van der Waals surface area contributed by atoms with E-state index in [9.17, 15) is 9.90 Å². The Morgan fingerprint density at radius 3 is 2.82 bits per heavy atom. The van der Waals surface area contributed by atoms with E-state index in [1.54, 1.807) is 11.3 Å². The summed E-state index contributed by atoms with van der Waals surface area (Å²) < 4.78 is 1.01. The maximum Gasteiger partial charge on any atom is 0.347 e. The van der Waals surface area contributed by atoms with Crippen LogP contribution in [0.2, 0.25) is 0 Å². The maximum absolute atomic E-state index is 11.2. The summed E-state index contributed by atoms with van der Waals surface area (Å²) in [6.07, 6.45) is 2.13. The van der Waals surface area contributed by atoms with E-state index in [0.717, 1.165) is 32.9 Å². The van der Waals surface area contributed by atoms with Crippen LogP contribution in [0, 0.1) is 0 Å². The van der Waals surface area contributed by atoms with Gasteiger partial charge in [-0.1, -0.05) is 0 Å². The van der Waals surface area contributed by atoms with Crippen molar-refractivity contribution >= 4 is 44.6 Å². The van der Waals surface area contributed by atoms with Gasteiger partial charge < -0.3 is 5.11 Å². The summed E-state index contributed by atoms with van der Waals surface area (Å²) in [5, 5.41) is 12.0. The second kappa shape index (κ2) is 4.19. The van der Waals surface area contributed by atoms with Crippen LogP contribution in [0.4, 0.5) is 0 Å². The molecule has 1 fully saturated rings. The predicted molar refractivity (Wildman–Crippen MR) is 72.1 cm³/mol. The fourth-order valence-corrected chi connectivity index (χ4v) is 4.13. The molecule has 0 saturated heterocycles. The summed E-state index contributed by atoms with van der Waals surface area (Å²) in [6.45, 7) is 0. The van der Waals surface area contributed by atoms with E-state index >= 15 is 0 Å². The van der Waals surface area contributed by atoms with E-state index in [2.05, 4.69) is 20.9 Å². The van der Waals surface area contributed by atoms with E-state index < -0.39 is 5.97 Å². The SMILES string of the molecule is O=C(O)c1sc(-c2cc(Br)cs2)nc1C1CC1. The summed E-state index contributed by atoms with van der Waals surface area (Å²) in [4.78, 5) is 17.1. The number of aromatic nitrogens is 1. The largest absolute Gasteiger partial charge is 0.477 e. The topological polar surface area (TPSA) is 50.2 Å². The summed E-state index contributed by atoms with van der Waals surface area (Å²) in [5.74, 6) is -0.485. The first-order valence-electron chi connectivity index (χ1n) is 5.13. The van der Waals surface area contributed by atoms with Gasteiger partial charge in [0, 0.05) is 15.8 Å². The van der Waals surface area contributed by atoms with E-state index in [1.807, 2.05) is 11.4 Å². The number of hydrogen-bond donors (Lipinski definition) is 1. The number of rotatable bonds is 3. The lowest BCUT2D eigenvalue weighted by atomic mass is 10.2. The molecule has 0 radical (unpaired) electrons. The third-order valence-corrected chi connectivity index (χ3v) is 5.51. The number of hydrogen-bond acceptors (Lipinski definition) is 4. The van der Waals surface area contributed by atoms with Crippen LogP contribution >= 0.6 is 38.6 Å². The Kier molecular flexibility index (Phi) is 2.80. The van der Waals surface area contributed by atoms with Crippen molar-refractivity contribution in [2.24, 2.45) is 0 Å². The van der Waals surface area contributed by atoms with Gasteiger partial charge in [0.1, 0.15) is 9.88 Å². The molecule has 88 valence electrons. The highest BCUT2D eigenvalue weighted by molar-refractivity contribution is 9.10. The van der Waals surface area contributed by atoms with Gasteiger partial charge in [-0.05, 0) is 34.8 Å². The van der Waals surface area contributed by atoms with Gasteiger partial charge in [0.05, 0.1) is 10.6 Å². The van der Waals surface area contributed by atoms with Gasteiger partial charge in [0.2, 0.25) is 0 Å². The second-order valence-electron chi connectivity index (χ2n) is 3.94. The quantitative estimate of drug-likeness (QED) is 0.917. The van der Waals surface area contributed by atoms with E-state index in [4.69, 9.17) is 0 Å². The lowest BCUT2D eigenvalue weighted by Gasteiger charge is -1.91. The summed E-state index contributed by atoms with van der Waals surface area (Å²) in [6, 6.07) is 1.98. The molecule has 0 amide bonds. The van der Waals surface area contributed by atoms with Crippen molar-refractivity contribution < 1.29 is 9.90 Å². The zero-order chi connectivity index (χ0) is 12.0. The first-order chi connectivity index (χ1) is 8.15. The second-order valence-corrected chi connectivity index (χ2v) is 6.77. The number of aromatic carboxylic acids is 1. The van der Waals surface area contributed by atoms with Crippen molar-refractivity contribution in [3.8, 4) is 9.88 Å². The summed E-state index contributed by atoms with van der Waals surface area (Å²) in [7, 11) is 0. The monoisotopic (exact) mass is 329 g/mol. The highest BCUT2D eigenvalue weighted by atomic mass is 79.9. The highest BCUT2D eigenvalue weighted by Crippen LogP contribution is 2.45. The number of halogens is 1. The molecular formula is C11H8BrNO2S2. The van der Waals surface area contributed by atoms with Gasteiger partial charge in [0.25, 0.3) is 0 Å². The Labute approximate surface area is 114 Å². The fraction of sp³-hybridized carbons (Fsp3) is 0.273. The van der Waals surface area contributed by atoms with Crippen LogP contribution in [0.3, 0.4) is 0 Å². The Morgan fingerprint density at radius 1 is 1.53 bits per heavy atom. The van der Waals surface area contributed by atoms with Crippen LogP contribution in [-0.2, 0) is 0 Å². The van der Waals surface area contributed by atoms with Crippen molar-refractivity contribution in [2.75, 3.05) is 0 Å². The van der Waals surface area contributed by atoms with Crippen LogP contribution in [0.15, 0.2) is 15.9 Å². The third-order valence-electron chi connectivity index (χ3n) is 2.59. The number of thiazole rings is 1. The molecule has 2 aromatic heterocycles. The molecule has 1 aliphatic rings. The lowest BCUT2D eigenvalue weighted by molar-refractivity contribution is 0.0700. The number of carboxylic acid groups (broad SMARTS) is 1. The highest BCUT2D eigenvalue weighted by Gasteiger charge is 2.32. The minimum atomic E-state index is -0.855. The van der Waals surface area contributed by atoms with Crippen LogP contribution in [-0.4, -0.2) is 16.1 Å². The zero-order valence-electron chi connectivity index (χ0n) is 8.64. The minimum absolute atomic E-state index is 0.370. The van der Waals surface area contributed by atoms with Crippen molar-refractivity contribution in [2.45, 2.75) is 18.8 Å². The van der Waals surface area contributed by atoms with Crippen molar-refractivity contribution in [1.29, 1.82) is 0 Å². The molecule has 3 rings (SSSR count). The van der Waals surface area contributed by atoms with Gasteiger partial charge in [-0.15, -0.1) is 22.7 Å². The average Bonchev–Trinajstić information content (AvgIpc) is 2.87. The molecule has 0 unspecified atom stereocenters. The van der Waals surface area contributed by atoms with Crippen LogP contribution in [0.1, 0.15) is 34.1 Å². The summed E-state index contributed by atoms with van der Waals surface area (Å²) in [5.41, 5.74) is 0.780. The standard InChI is InChI=1S/C11H8BrNO2S2/c12-6-3-7(16-4-6)10-13-8(5-1-2-5)9(17-10)11(14)15/h3-5H,1-2H2,(H,14,15). The number of carboxylic acids is 1. The number of thiophene rings is 1. The fourth-order valence-electron chi connectivity index (χ4n) is 1.65. The van der Waals surface area contributed by atoms with Gasteiger partial charge in [-0.25, -0.2) is 9.78 Å². The Balaban J connectivity index is 2.06. The molecule has 6 heteroatoms. The molecule has 0 aliphatic heterocycles. The molecule has 1 saturated carbocycles. The Bertz CT molecular complexity index is 586. The minimum Gasteiger partial charge on any atom is -0.477 e. The maximum atomic E-state index is 11.2. The third kappa shape index (κ3) is 2.17. The Morgan fingerprint density at radius 2 is 2.29 bits per heavy atom. The molecule has 1 aliphatic carbocycles. The molecule has 0 bridgehead atoms. The average molecular weight is 330 g/mol. The normalized spacial score (nSPS) is 15.1. The Hall–Kier alpha value is -0.720. The predicted octanol–water partition coefficient (Wildman–Crippen LogP) is 4.21. The summed E-state index contributed by atoms with van der Waals surface area (Å²) >= 11 is 6.25. The van der Waals surface area contributed by atoms with Gasteiger partial charge in [-0.2, -0.15) is 0 Å². The van der Waals surface area contributed by atoms with Crippen molar-refractivity contribution in [3.63, 3.8) is 0 Å². The van der Waals surface area contributed by atoms with Crippen molar-refractivity contribution in [1.82, 2.24) is 4.98 Å². The molecule has 17 heavy (non-hydrogen) atoms. The first kappa shape index (κ1) is 11.4. The van der Waals surface area contributed by atoms with Gasteiger partial charge >= 0.3 is 5.97 Å². The smallest absolute Gasteiger partial charge is 0.347 e. The molecular weight excluding hydrogens is 322 g/mol. The van der Waals surface area contributed by atoms with Crippen LogP contribution in [0.25, 0.3) is 9.88 Å².